The van der Waals surface area contributed by atoms with Gasteiger partial charge in [0.25, 0.3) is 40.5 Å². The number of hydrogen-bond acceptors (Lipinski definition) is 14. The zero-order valence-electron chi connectivity index (χ0n) is 28.2. The first-order valence-corrected chi connectivity index (χ1v) is 21.2. The summed E-state index contributed by atoms with van der Waals surface area (Å²) in [4.78, 5) is -1.50. The van der Waals surface area contributed by atoms with Gasteiger partial charge in [-0.05, 0) is 76.2 Å². The fourth-order valence-electron chi connectivity index (χ4n) is 5.01. The third-order valence-corrected chi connectivity index (χ3v) is 13.2. The monoisotopic (exact) mass is 796 g/mol. The summed E-state index contributed by atoms with van der Waals surface area (Å²) in [5, 5.41) is 11.2. The normalized spacial score (nSPS) is 21.5. The van der Waals surface area contributed by atoms with E-state index in [2.05, 4.69) is 0 Å². The summed E-state index contributed by atoms with van der Waals surface area (Å²) in [6.45, 7) is 5.77. The van der Waals surface area contributed by atoms with Crippen molar-refractivity contribution in [2.75, 3.05) is 6.61 Å². The molecule has 0 saturated carbocycles. The quantitative estimate of drug-likeness (QED) is 0.192. The highest BCUT2D eigenvalue weighted by Crippen LogP contribution is 2.34. The summed E-state index contributed by atoms with van der Waals surface area (Å²) >= 11 is 0. The van der Waals surface area contributed by atoms with Crippen LogP contribution in [0.25, 0.3) is 0 Å². The number of aliphatic hydroxyl groups is 1. The number of ether oxygens (including phenoxy) is 1. The summed E-state index contributed by atoms with van der Waals surface area (Å²) in [6.07, 6.45) is -11.1. The van der Waals surface area contributed by atoms with Crippen molar-refractivity contribution in [3.05, 3.63) is 119 Å². The van der Waals surface area contributed by atoms with E-state index in [9.17, 15) is 38.8 Å². The van der Waals surface area contributed by atoms with Crippen molar-refractivity contribution in [1.29, 1.82) is 0 Å². The van der Waals surface area contributed by atoms with Gasteiger partial charge in [0.2, 0.25) is 0 Å². The molecule has 0 unspecified atom stereocenters. The Morgan fingerprint density at radius 1 is 0.462 bits per heavy atom. The van der Waals surface area contributed by atoms with E-state index < -0.39 is 92.5 Å². The molecule has 5 rings (SSSR count). The molecule has 0 spiro atoms. The van der Waals surface area contributed by atoms with Crippen LogP contribution in [-0.2, 0) is 61.9 Å². The van der Waals surface area contributed by atoms with Crippen molar-refractivity contribution >= 4 is 40.5 Å². The van der Waals surface area contributed by atoms with E-state index in [1.54, 1.807) is 27.7 Å². The van der Waals surface area contributed by atoms with Crippen LogP contribution < -0.4 is 0 Å². The highest BCUT2D eigenvalue weighted by Gasteiger charge is 2.54. The lowest BCUT2D eigenvalue weighted by Gasteiger charge is -2.42. The van der Waals surface area contributed by atoms with E-state index in [0.717, 1.165) is 5.56 Å². The Morgan fingerprint density at radius 2 is 0.750 bits per heavy atom. The van der Waals surface area contributed by atoms with Crippen molar-refractivity contribution in [3.63, 3.8) is 0 Å². The second kappa shape index (κ2) is 15.4. The van der Waals surface area contributed by atoms with E-state index in [1.807, 2.05) is 0 Å². The van der Waals surface area contributed by atoms with E-state index in [-0.39, 0.29) is 4.90 Å². The Morgan fingerprint density at radius 3 is 1.10 bits per heavy atom. The number of benzene rings is 4. The largest absolute Gasteiger partial charge is 0.366 e. The summed E-state index contributed by atoms with van der Waals surface area (Å²) in [7, 11) is -19.2. The molecule has 5 atom stereocenters. The van der Waals surface area contributed by atoms with Gasteiger partial charge in [-0.2, -0.15) is 33.7 Å². The zero-order valence-corrected chi connectivity index (χ0v) is 31.5. The highest BCUT2D eigenvalue weighted by atomic mass is 32.2. The Balaban J connectivity index is 1.61. The molecule has 0 radical (unpaired) electrons. The van der Waals surface area contributed by atoms with Crippen LogP contribution in [0, 0.1) is 27.7 Å². The maximum atomic E-state index is 13.7. The molecular formula is C34H36O14S4. The summed E-state index contributed by atoms with van der Waals surface area (Å²) in [5.41, 5.74) is 2.82. The van der Waals surface area contributed by atoms with Gasteiger partial charge in [-0.1, -0.05) is 70.8 Å². The molecule has 1 aliphatic rings. The molecule has 1 aliphatic heterocycles. The number of hydrogen-bond donors (Lipinski definition) is 1. The summed E-state index contributed by atoms with van der Waals surface area (Å²) in [6, 6.07) is 21.4. The molecule has 52 heavy (non-hydrogen) atoms. The molecule has 0 bridgehead atoms. The van der Waals surface area contributed by atoms with E-state index in [1.165, 1.54) is 97.1 Å². The van der Waals surface area contributed by atoms with Gasteiger partial charge in [0.1, 0.15) is 18.3 Å². The molecule has 0 aliphatic carbocycles. The molecule has 1 heterocycles. The average molecular weight is 797 g/mol. The first-order valence-electron chi connectivity index (χ1n) is 15.6. The van der Waals surface area contributed by atoms with Crippen molar-refractivity contribution in [1.82, 2.24) is 0 Å². The summed E-state index contributed by atoms with van der Waals surface area (Å²) < 4.78 is 135. The highest BCUT2D eigenvalue weighted by molar-refractivity contribution is 7.87. The van der Waals surface area contributed by atoms with Crippen LogP contribution in [0.5, 0.6) is 0 Å². The van der Waals surface area contributed by atoms with Gasteiger partial charge in [0.05, 0.1) is 26.2 Å². The smallest absolute Gasteiger partial charge is 0.297 e. The summed E-state index contributed by atoms with van der Waals surface area (Å²) in [5.74, 6) is 0. The maximum absolute atomic E-state index is 13.7. The van der Waals surface area contributed by atoms with Crippen LogP contribution in [0.3, 0.4) is 0 Å². The minimum Gasteiger partial charge on any atom is -0.366 e. The fourth-order valence-corrected chi connectivity index (χ4v) is 9.20. The van der Waals surface area contributed by atoms with Gasteiger partial charge >= 0.3 is 0 Å². The molecule has 0 aromatic heterocycles. The fraction of sp³-hybridized carbons (Fsp3) is 0.294. The Labute approximate surface area is 303 Å². The number of aliphatic hydroxyl groups excluding tert-OH is 1. The molecule has 1 saturated heterocycles. The molecule has 1 N–H and O–H groups in total. The average Bonchev–Trinajstić information content (AvgIpc) is 3.07. The van der Waals surface area contributed by atoms with Gasteiger partial charge in [0.15, 0.2) is 12.4 Å². The third-order valence-electron chi connectivity index (χ3n) is 7.95. The topological polar surface area (TPSA) is 203 Å². The van der Waals surface area contributed by atoms with E-state index in [4.69, 9.17) is 21.5 Å². The van der Waals surface area contributed by atoms with Crippen molar-refractivity contribution in [3.8, 4) is 0 Å². The van der Waals surface area contributed by atoms with E-state index >= 15 is 0 Å². The van der Waals surface area contributed by atoms with Gasteiger partial charge in [-0.25, -0.2) is 0 Å². The van der Waals surface area contributed by atoms with Crippen LogP contribution >= 0.6 is 0 Å². The van der Waals surface area contributed by atoms with Crippen LogP contribution in [0.1, 0.15) is 22.3 Å². The van der Waals surface area contributed by atoms with Crippen molar-refractivity contribution in [2.45, 2.75) is 78.0 Å². The van der Waals surface area contributed by atoms with Gasteiger partial charge in [-0.15, -0.1) is 0 Å². The second-order valence-corrected chi connectivity index (χ2v) is 18.4. The molecule has 4 aromatic carbocycles. The van der Waals surface area contributed by atoms with Crippen LogP contribution in [0.2, 0.25) is 0 Å². The van der Waals surface area contributed by atoms with Gasteiger partial charge in [0, 0.05) is 0 Å². The van der Waals surface area contributed by atoms with Crippen LogP contribution in [0.15, 0.2) is 117 Å². The molecule has 280 valence electrons. The van der Waals surface area contributed by atoms with Crippen molar-refractivity contribution < 1.29 is 60.2 Å². The van der Waals surface area contributed by atoms with Gasteiger partial charge < -0.3 is 9.84 Å². The number of aryl methyl sites for hydroxylation is 4. The standard InChI is InChI=1S/C34H36O14S4/c1-22-5-13-26(14-6-22)49(36,37)44-21-30-31(46-50(38,39)27-15-7-23(2)8-16-27)32(47-51(40,41)28-17-9-24(3)10-18-28)33(34(35)45-30)48-52(42,43)29-19-11-25(4)12-20-29/h5-20,30-35H,21H2,1-4H3/t30-,31+,32-,33-,34+/m0/s1. The third kappa shape index (κ3) is 9.32. The van der Waals surface area contributed by atoms with Crippen LogP contribution in [0.4, 0.5) is 0 Å². The minimum atomic E-state index is -4.91. The lowest BCUT2D eigenvalue weighted by molar-refractivity contribution is -0.268. The maximum Gasteiger partial charge on any atom is 0.297 e. The Kier molecular flexibility index (Phi) is 11.8. The lowest BCUT2D eigenvalue weighted by Crippen LogP contribution is -2.62. The minimum absolute atomic E-state index is 0.278. The molecule has 1 fully saturated rings. The molecule has 0 amide bonds. The van der Waals surface area contributed by atoms with Crippen molar-refractivity contribution in [2.24, 2.45) is 0 Å². The predicted octanol–water partition coefficient (Wildman–Crippen LogP) is 3.67. The second-order valence-electron chi connectivity index (χ2n) is 12.1. The molecule has 4 aromatic rings. The zero-order chi connectivity index (χ0) is 38.1. The Bertz CT molecular complexity index is 2310. The Hall–Kier alpha value is -3.56. The first kappa shape index (κ1) is 39.6. The molecular weight excluding hydrogens is 761 g/mol. The van der Waals surface area contributed by atoms with Gasteiger partial charge in [-0.3, -0.25) is 16.7 Å². The van der Waals surface area contributed by atoms with Crippen LogP contribution in [-0.4, -0.2) is 76.1 Å². The molecule has 18 heteroatoms. The lowest BCUT2D eigenvalue weighted by atomic mass is 9.99. The number of rotatable bonds is 13. The SMILES string of the molecule is Cc1ccc(S(=O)(=O)OC[C@@H]2O[C@@H](O)[C@@H](OS(=O)(=O)c3ccc(C)cc3)[C@@H](OS(=O)(=O)c3ccc(C)cc3)[C@@H]2OS(=O)(=O)c2ccc(C)cc2)cc1. The van der Waals surface area contributed by atoms with E-state index in [0.29, 0.717) is 16.7 Å². The predicted molar refractivity (Wildman–Crippen MR) is 185 cm³/mol. The first-order chi connectivity index (χ1) is 24.3. The molecule has 14 nitrogen and oxygen atoms in total.